The summed E-state index contributed by atoms with van der Waals surface area (Å²) in [6, 6.07) is 0. The standard InChI is InChI=1S/Co.Mn.HNO3.Ni/c;;2-1(3)4;/h;;(H,2,3,4);. The van der Waals surface area contributed by atoms with Crippen LogP contribution in [-0.4, -0.2) is 10.3 Å². The Balaban J connectivity index is -0.0000000150. The van der Waals surface area contributed by atoms with Gasteiger partial charge in [-0.3, -0.25) is 0 Å². The van der Waals surface area contributed by atoms with Gasteiger partial charge in [0.1, 0.15) is 0 Å². The zero-order chi connectivity index (χ0) is 3.58. The molecule has 0 heterocycles. The van der Waals surface area contributed by atoms with Crippen molar-refractivity contribution in [2.75, 3.05) is 0 Å². The Labute approximate surface area is 70.7 Å². The Kier molecular flexibility index (Phi) is 57.2. The Morgan fingerprint density at radius 1 is 1.57 bits per heavy atom. The molecule has 0 aliphatic rings. The van der Waals surface area contributed by atoms with E-state index in [4.69, 9.17) is 15.3 Å². The van der Waals surface area contributed by atoms with Crippen LogP contribution in [0.1, 0.15) is 0 Å². The molecule has 0 amide bonds. The van der Waals surface area contributed by atoms with Crippen molar-refractivity contribution in [3.8, 4) is 0 Å². The van der Waals surface area contributed by atoms with E-state index in [0.29, 0.717) is 0 Å². The van der Waals surface area contributed by atoms with Crippen LogP contribution in [0.15, 0.2) is 0 Å². The third-order valence-corrected chi connectivity index (χ3v) is 0. The molecule has 0 bridgehead atoms. The molecule has 7 heteroatoms. The van der Waals surface area contributed by atoms with Crippen LogP contribution in [0.25, 0.3) is 0 Å². The Morgan fingerprint density at radius 2 is 1.57 bits per heavy atom. The summed E-state index contributed by atoms with van der Waals surface area (Å²) < 4.78 is 0. The van der Waals surface area contributed by atoms with Gasteiger partial charge in [-0.05, 0) is 0 Å². The molecular weight excluding hydrogens is 235 g/mol. The minimum absolute atomic E-state index is 0. The van der Waals surface area contributed by atoms with Gasteiger partial charge in [0.05, 0.1) is 0 Å². The predicted octanol–water partition coefficient (Wildman–Crippen LogP) is -0.355. The average molecular weight is 236 g/mol. The normalized spacial score (nSPS) is 3.43. The first-order chi connectivity index (χ1) is 1.73. The monoisotopic (exact) mass is 235 g/mol. The maximum absolute atomic E-state index is 8.36. The van der Waals surface area contributed by atoms with Gasteiger partial charge in [-0.25, -0.2) is 0 Å². The fourth-order valence-corrected chi connectivity index (χ4v) is 0. The van der Waals surface area contributed by atoms with Crippen LogP contribution in [0.2, 0.25) is 0 Å². The molecule has 0 spiro atoms. The zero-order valence-electron chi connectivity index (χ0n) is 2.74. The van der Waals surface area contributed by atoms with Crippen LogP contribution in [-0.2, 0) is 50.3 Å². The smallest absolute Gasteiger partial charge is 0.291 e. The maximum Gasteiger partial charge on any atom is 0.291 e. The number of nitrogens with zero attached hydrogens (tertiary/aromatic N) is 1. The fourth-order valence-electron chi connectivity index (χ4n) is 0. The Bertz CT molecular complexity index is 37.9. The Morgan fingerprint density at radius 3 is 1.57 bits per heavy atom. The van der Waals surface area contributed by atoms with Gasteiger partial charge in [-0.2, -0.15) is 0 Å². The molecule has 0 atom stereocenters. The maximum atomic E-state index is 8.36. The van der Waals surface area contributed by atoms with Crippen molar-refractivity contribution in [3.63, 3.8) is 0 Å². The van der Waals surface area contributed by atoms with Crippen LogP contribution >= 0.6 is 0 Å². The van der Waals surface area contributed by atoms with Gasteiger partial charge in [0.15, 0.2) is 0 Å². The molecule has 0 aromatic rings. The van der Waals surface area contributed by atoms with Gasteiger partial charge in [0.25, 0.3) is 5.09 Å². The predicted molar refractivity (Wildman–Crippen MR) is 8.78 cm³/mol. The van der Waals surface area contributed by atoms with E-state index in [2.05, 4.69) is 0 Å². The van der Waals surface area contributed by atoms with Crippen molar-refractivity contribution in [2.24, 2.45) is 0 Å². The fraction of sp³-hybridized carbons (Fsp3) is 0. The minimum atomic E-state index is -1.50. The summed E-state index contributed by atoms with van der Waals surface area (Å²) in [4.78, 5) is 8.36. The first-order valence-electron chi connectivity index (χ1n) is 0.565. The molecule has 1 N–H and O–H groups in total. The molecule has 50 valence electrons. The second-order valence-corrected chi connectivity index (χ2v) is 0.238. The summed E-state index contributed by atoms with van der Waals surface area (Å²) in [6.07, 6.45) is 0. The summed E-state index contributed by atoms with van der Waals surface area (Å²) in [5.41, 5.74) is 0. The van der Waals surface area contributed by atoms with E-state index >= 15 is 0 Å². The van der Waals surface area contributed by atoms with Crippen molar-refractivity contribution in [1.29, 1.82) is 0 Å². The molecule has 0 aromatic heterocycles. The SMILES string of the molecule is O=[N+]([O-])O.[Co].[Mn].[Ni]. The van der Waals surface area contributed by atoms with Crippen LogP contribution < -0.4 is 0 Å². The molecule has 2 radical (unpaired) electrons. The molecule has 0 aliphatic heterocycles. The summed E-state index contributed by atoms with van der Waals surface area (Å²) in [5.74, 6) is 0. The Hall–Kier alpha value is 0.719. The van der Waals surface area contributed by atoms with E-state index in [9.17, 15) is 0 Å². The summed E-state index contributed by atoms with van der Waals surface area (Å²) >= 11 is 0. The van der Waals surface area contributed by atoms with Crippen molar-refractivity contribution >= 4 is 0 Å². The summed E-state index contributed by atoms with van der Waals surface area (Å²) in [6.45, 7) is 0. The van der Waals surface area contributed by atoms with Gasteiger partial charge < -0.3 is 5.21 Å². The van der Waals surface area contributed by atoms with E-state index in [-0.39, 0.29) is 50.3 Å². The van der Waals surface area contributed by atoms with Gasteiger partial charge >= 0.3 is 0 Å². The quantitative estimate of drug-likeness (QED) is 0.354. The first-order valence-corrected chi connectivity index (χ1v) is 0.565. The molecule has 0 saturated heterocycles. The van der Waals surface area contributed by atoms with Crippen LogP contribution in [0.5, 0.6) is 0 Å². The van der Waals surface area contributed by atoms with E-state index < -0.39 is 5.09 Å². The second kappa shape index (κ2) is 15.9. The van der Waals surface area contributed by atoms with Crippen molar-refractivity contribution in [3.05, 3.63) is 10.1 Å². The first kappa shape index (κ1) is 25.2. The summed E-state index contributed by atoms with van der Waals surface area (Å²) in [5, 5.41) is 13.6. The number of hydrogen-bond acceptors (Lipinski definition) is 2. The largest absolute Gasteiger partial charge is 0.328 e. The minimum Gasteiger partial charge on any atom is -0.328 e. The van der Waals surface area contributed by atoms with Crippen molar-refractivity contribution in [1.82, 2.24) is 0 Å². The summed E-state index contributed by atoms with van der Waals surface area (Å²) in [7, 11) is 0. The molecule has 0 rings (SSSR count). The number of rotatable bonds is 0. The number of hydrogen-bond donors (Lipinski definition) is 1. The van der Waals surface area contributed by atoms with E-state index in [0.717, 1.165) is 0 Å². The zero-order valence-corrected chi connectivity index (χ0v) is 5.95. The van der Waals surface area contributed by atoms with Gasteiger partial charge in [0.2, 0.25) is 0 Å². The molecule has 0 unspecified atom stereocenters. The topological polar surface area (TPSA) is 63.4 Å². The van der Waals surface area contributed by atoms with Crippen molar-refractivity contribution in [2.45, 2.75) is 0 Å². The van der Waals surface area contributed by atoms with Crippen LogP contribution in [0.3, 0.4) is 0 Å². The molecule has 0 saturated carbocycles. The molecule has 0 aromatic carbocycles. The molecule has 0 fully saturated rings. The van der Waals surface area contributed by atoms with Gasteiger partial charge in [-0.15, -0.1) is 10.1 Å². The molecular formula is HCoMnNNiO3. The van der Waals surface area contributed by atoms with Gasteiger partial charge in [0, 0.05) is 50.3 Å². The molecule has 4 nitrogen and oxygen atoms in total. The van der Waals surface area contributed by atoms with E-state index in [1.807, 2.05) is 0 Å². The average Bonchev–Trinajstić information content (AvgIpc) is 0.811. The van der Waals surface area contributed by atoms with Crippen LogP contribution in [0, 0.1) is 10.1 Å². The molecule has 7 heavy (non-hydrogen) atoms. The third kappa shape index (κ3) is 289. The van der Waals surface area contributed by atoms with E-state index in [1.54, 1.807) is 0 Å². The second-order valence-electron chi connectivity index (χ2n) is 0.238. The third-order valence-electron chi connectivity index (χ3n) is 0. The van der Waals surface area contributed by atoms with Crippen molar-refractivity contribution < 1.29 is 60.6 Å². The molecule has 0 aliphatic carbocycles. The van der Waals surface area contributed by atoms with Crippen LogP contribution in [0.4, 0.5) is 0 Å². The van der Waals surface area contributed by atoms with E-state index in [1.165, 1.54) is 0 Å². The van der Waals surface area contributed by atoms with Gasteiger partial charge in [-0.1, -0.05) is 0 Å².